The lowest BCUT2D eigenvalue weighted by molar-refractivity contribution is 0.0764. The second-order valence-electron chi connectivity index (χ2n) is 12.7. The number of fused-ring (bicyclic) bond motifs is 4. The zero-order chi connectivity index (χ0) is 27.4. The highest BCUT2D eigenvalue weighted by Gasteiger charge is 2.44. The normalized spacial score (nSPS) is 19.6. The summed E-state index contributed by atoms with van der Waals surface area (Å²) < 4.78 is 2.20. The van der Waals surface area contributed by atoms with Gasteiger partial charge in [-0.15, -0.1) is 11.3 Å². The van der Waals surface area contributed by atoms with Crippen molar-refractivity contribution in [1.29, 1.82) is 0 Å². The molecule has 2 amide bonds. The maximum Gasteiger partial charge on any atom is 0.271 e. The molecule has 6 rings (SSSR count). The molecular weight excluding hydrogens is 510 g/mol. The molecule has 1 aliphatic carbocycles. The molecule has 1 spiro atoms. The van der Waals surface area contributed by atoms with E-state index >= 15 is 0 Å². The molecule has 2 fully saturated rings. The van der Waals surface area contributed by atoms with Crippen molar-refractivity contribution >= 4 is 45.0 Å². The number of carbonyl (C=O) groups excluding carboxylic acids is 3. The topological polar surface area (TPSA) is 96.3 Å². The molecule has 0 atom stereocenters. The SMILES string of the molecule is CC(C)(C)CN1CCC(NC(=O)c2csc(NC(=O)c3ccc4cc5n(c4c3)C3(CCC3)CCC5=O)n2)CC1. The van der Waals surface area contributed by atoms with E-state index in [1.54, 1.807) is 11.4 Å². The van der Waals surface area contributed by atoms with Gasteiger partial charge in [-0.2, -0.15) is 0 Å². The van der Waals surface area contributed by atoms with Crippen LogP contribution in [0.1, 0.15) is 97.1 Å². The van der Waals surface area contributed by atoms with Gasteiger partial charge in [0.1, 0.15) is 5.69 Å². The van der Waals surface area contributed by atoms with Gasteiger partial charge in [0.15, 0.2) is 10.9 Å². The first-order chi connectivity index (χ1) is 18.6. The highest BCUT2D eigenvalue weighted by molar-refractivity contribution is 7.14. The van der Waals surface area contributed by atoms with Crippen LogP contribution in [0.25, 0.3) is 10.9 Å². The Morgan fingerprint density at radius 3 is 2.56 bits per heavy atom. The maximum atomic E-state index is 13.2. The van der Waals surface area contributed by atoms with Crippen LogP contribution in [0.3, 0.4) is 0 Å². The summed E-state index contributed by atoms with van der Waals surface area (Å²) in [5, 5.41) is 9.06. The lowest BCUT2D eigenvalue weighted by Gasteiger charge is -2.47. The second-order valence-corrected chi connectivity index (χ2v) is 13.6. The zero-order valence-electron chi connectivity index (χ0n) is 23.0. The number of thiazole rings is 1. The maximum absolute atomic E-state index is 13.2. The average molecular weight is 548 g/mol. The number of amides is 2. The highest BCUT2D eigenvalue weighted by Crippen LogP contribution is 2.48. The third-order valence-electron chi connectivity index (χ3n) is 8.51. The van der Waals surface area contributed by atoms with E-state index < -0.39 is 0 Å². The van der Waals surface area contributed by atoms with E-state index in [1.807, 2.05) is 18.2 Å². The molecule has 0 radical (unpaired) electrons. The molecule has 8 nitrogen and oxygen atoms in total. The van der Waals surface area contributed by atoms with E-state index in [0.29, 0.717) is 22.8 Å². The molecule has 2 aliphatic heterocycles. The number of Topliss-reactive ketones (excluding diaryl/α,β-unsaturated/α-hetero) is 1. The van der Waals surface area contributed by atoms with Gasteiger partial charge in [-0.05, 0) is 62.1 Å². The Kier molecular flexibility index (Phi) is 6.62. The van der Waals surface area contributed by atoms with E-state index in [9.17, 15) is 14.4 Å². The average Bonchev–Trinajstić information content (AvgIpc) is 3.49. The Labute approximate surface area is 233 Å². The molecule has 2 aromatic heterocycles. The number of ketones is 1. The molecule has 1 saturated heterocycles. The number of likely N-dealkylation sites (tertiary alicyclic amines) is 1. The summed E-state index contributed by atoms with van der Waals surface area (Å²) in [5.41, 5.74) is 2.83. The van der Waals surface area contributed by atoms with Gasteiger partial charge in [0.2, 0.25) is 0 Å². The van der Waals surface area contributed by atoms with Gasteiger partial charge in [-0.1, -0.05) is 26.8 Å². The van der Waals surface area contributed by atoms with Gasteiger partial charge < -0.3 is 14.8 Å². The summed E-state index contributed by atoms with van der Waals surface area (Å²) in [6.45, 7) is 9.76. The van der Waals surface area contributed by atoms with Crippen LogP contribution in [-0.2, 0) is 5.54 Å². The molecule has 3 aromatic rings. The summed E-state index contributed by atoms with van der Waals surface area (Å²) >= 11 is 1.25. The molecule has 0 bridgehead atoms. The first-order valence-electron chi connectivity index (χ1n) is 14.1. The Morgan fingerprint density at radius 1 is 1.10 bits per heavy atom. The Bertz CT molecular complexity index is 1440. The molecule has 1 saturated carbocycles. The van der Waals surface area contributed by atoms with Crippen molar-refractivity contribution in [3.8, 4) is 0 Å². The van der Waals surface area contributed by atoms with E-state index in [4.69, 9.17) is 0 Å². The number of hydrogen-bond acceptors (Lipinski definition) is 6. The van der Waals surface area contributed by atoms with Gasteiger partial charge in [0.05, 0.1) is 5.69 Å². The number of carbonyl (C=O) groups is 3. The minimum absolute atomic E-state index is 0.0148. The smallest absolute Gasteiger partial charge is 0.271 e. The number of piperidine rings is 1. The molecule has 0 unspecified atom stereocenters. The standard InChI is InChI=1S/C30H37N5O3S/c1-29(2,3)18-34-13-8-21(9-14-34)31-27(38)22-17-39-28(32-22)33-26(37)20-6-5-19-15-24-25(36)7-12-30(10-4-11-30)35(24)23(19)16-20/h5-6,15-17,21H,4,7-14,18H2,1-3H3,(H,31,38)(H,32,33,37). The number of nitrogens with one attached hydrogen (secondary N) is 2. The lowest BCUT2D eigenvalue weighted by atomic mass is 9.71. The third kappa shape index (κ3) is 5.14. The number of nitrogens with zero attached hydrogens (tertiary/aromatic N) is 3. The summed E-state index contributed by atoms with van der Waals surface area (Å²) in [5.74, 6) is -0.290. The van der Waals surface area contributed by atoms with Crippen molar-refractivity contribution in [2.45, 2.75) is 77.3 Å². The van der Waals surface area contributed by atoms with Crippen LogP contribution in [0.5, 0.6) is 0 Å². The Hall–Kier alpha value is -3.04. The van der Waals surface area contributed by atoms with Crippen molar-refractivity contribution in [2.75, 3.05) is 25.0 Å². The number of aromatic nitrogens is 2. The van der Waals surface area contributed by atoms with Gasteiger partial charge in [-0.25, -0.2) is 4.98 Å². The predicted octanol–water partition coefficient (Wildman–Crippen LogP) is 5.45. The van der Waals surface area contributed by atoms with Crippen molar-refractivity contribution in [3.05, 3.63) is 46.6 Å². The first-order valence-corrected chi connectivity index (χ1v) is 15.0. The summed E-state index contributed by atoms with van der Waals surface area (Å²) in [7, 11) is 0. The minimum atomic E-state index is -0.273. The van der Waals surface area contributed by atoms with Gasteiger partial charge in [-0.3, -0.25) is 19.7 Å². The summed E-state index contributed by atoms with van der Waals surface area (Å²) in [6.07, 6.45) is 6.65. The highest BCUT2D eigenvalue weighted by atomic mass is 32.1. The monoisotopic (exact) mass is 547 g/mol. The fourth-order valence-corrected chi connectivity index (χ4v) is 7.16. The van der Waals surface area contributed by atoms with Gasteiger partial charge in [0.25, 0.3) is 11.8 Å². The fourth-order valence-electron chi connectivity index (χ4n) is 6.47. The largest absolute Gasteiger partial charge is 0.348 e. The Balaban J connectivity index is 1.11. The van der Waals surface area contributed by atoms with Crippen molar-refractivity contribution in [2.24, 2.45) is 5.41 Å². The lowest BCUT2D eigenvalue weighted by Crippen LogP contribution is -2.46. The predicted molar refractivity (Wildman–Crippen MR) is 154 cm³/mol. The van der Waals surface area contributed by atoms with Crippen molar-refractivity contribution in [3.63, 3.8) is 0 Å². The van der Waals surface area contributed by atoms with Crippen LogP contribution >= 0.6 is 11.3 Å². The molecular formula is C30H37N5O3S. The van der Waals surface area contributed by atoms with Crippen molar-refractivity contribution < 1.29 is 14.4 Å². The van der Waals surface area contributed by atoms with E-state index in [2.05, 4.69) is 45.9 Å². The van der Waals surface area contributed by atoms with Gasteiger partial charge in [0, 0.05) is 59.5 Å². The Morgan fingerprint density at radius 2 is 1.87 bits per heavy atom. The van der Waals surface area contributed by atoms with Crippen LogP contribution in [0, 0.1) is 5.41 Å². The molecule has 1 aromatic carbocycles. The zero-order valence-corrected chi connectivity index (χ0v) is 23.8. The molecule has 206 valence electrons. The number of rotatable bonds is 5. The number of benzene rings is 1. The van der Waals surface area contributed by atoms with Crippen LogP contribution in [0.2, 0.25) is 0 Å². The number of anilines is 1. The first kappa shape index (κ1) is 26.2. The van der Waals surface area contributed by atoms with Crippen molar-refractivity contribution in [1.82, 2.24) is 19.8 Å². The van der Waals surface area contributed by atoms with Crippen LogP contribution < -0.4 is 10.6 Å². The molecule has 4 heterocycles. The molecule has 2 N–H and O–H groups in total. The van der Waals surface area contributed by atoms with Crippen LogP contribution in [0.15, 0.2) is 29.6 Å². The molecule has 9 heteroatoms. The summed E-state index contributed by atoms with van der Waals surface area (Å²) in [4.78, 5) is 45.5. The van der Waals surface area contributed by atoms with Crippen LogP contribution in [0.4, 0.5) is 5.13 Å². The molecule has 3 aliphatic rings. The minimum Gasteiger partial charge on any atom is -0.348 e. The quantitative estimate of drug-likeness (QED) is 0.443. The fraction of sp³-hybridized carbons (Fsp3) is 0.533. The van der Waals surface area contributed by atoms with E-state index in [1.165, 1.54) is 17.8 Å². The van der Waals surface area contributed by atoms with E-state index in [-0.39, 0.29) is 34.6 Å². The second kappa shape index (κ2) is 9.86. The third-order valence-corrected chi connectivity index (χ3v) is 9.26. The molecule has 39 heavy (non-hydrogen) atoms. The van der Waals surface area contributed by atoms with Gasteiger partial charge >= 0.3 is 0 Å². The van der Waals surface area contributed by atoms with Crippen LogP contribution in [-0.4, -0.2) is 57.7 Å². The number of hydrogen-bond donors (Lipinski definition) is 2. The van der Waals surface area contributed by atoms with E-state index in [0.717, 1.165) is 68.3 Å². The summed E-state index contributed by atoms with van der Waals surface area (Å²) in [6, 6.07) is 7.70.